The Labute approximate surface area is 146 Å². The van der Waals surface area contributed by atoms with Crippen LogP contribution in [0.15, 0.2) is 12.1 Å². The van der Waals surface area contributed by atoms with Gasteiger partial charge < -0.3 is 19.7 Å². The Morgan fingerprint density at radius 3 is 2.67 bits per heavy atom. The first-order chi connectivity index (χ1) is 11.0. The molecule has 1 aromatic carbocycles. The van der Waals surface area contributed by atoms with Crippen LogP contribution in [0.5, 0.6) is 11.5 Å². The van der Waals surface area contributed by atoms with Gasteiger partial charge in [0.05, 0.1) is 24.7 Å². The van der Waals surface area contributed by atoms with Crippen molar-refractivity contribution < 1.29 is 19.2 Å². The van der Waals surface area contributed by atoms with Crippen LogP contribution in [0.4, 0.5) is 5.69 Å². The van der Waals surface area contributed by atoms with E-state index in [4.69, 9.17) is 9.47 Å². The smallest absolute Gasteiger partial charge is 0.286 e. The molecule has 8 nitrogen and oxygen atoms in total. The molecule has 1 aliphatic heterocycles. The normalized spacial score (nSPS) is 16.2. The summed E-state index contributed by atoms with van der Waals surface area (Å²) in [7, 11) is 3.06. The van der Waals surface area contributed by atoms with E-state index in [2.05, 4.69) is 5.32 Å². The van der Waals surface area contributed by atoms with Crippen LogP contribution in [0.3, 0.4) is 0 Å². The maximum atomic E-state index is 12.7. The lowest BCUT2D eigenvalue weighted by Gasteiger charge is -2.24. The number of rotatable bonds is 6. The molecule has 1 atom stereocenters. The molecule has 2 rings (SSSR count). The first-order valence-corrected chi connectivity index (χ1v) is 7.46. The average molecular weight is 360 g/mol. The van der Waals surface area contributed by atoms with Crippen molar-refractivity contribution in [1.82, 2.24) is 10.2 Å². The molecule has 1 saturated heterocycles. The van der Waals surface area contributed by atoms with Crippen molar-refractivity contribution in [2.45, 2.75) is 19.4 Å². The minimum absolute atomic E-state index is 0. The number of amides is 1. The molecule has 1 amide bonds. The van der Waals surface area contributed by atoms with Gasteiger partial charge in [-0.3, -0.25) is 14.9 Å². The Hall–Kier alpha value is -2.06. The lowest BCUT2D eigenvalue weighted by Crippen LogP contribution is -2.38. The zero-order chi connectivity index (χ0) is 17.0. The predicted molar refractivity (Wildman–Crippen MR) is 91.4 cm³/mol. The van der Waals surface area contributed by atoms with E-state index in [-0.39, 0.29) is 35.4 Å². The summed E-state index contributed by atoms with van der Waals surface area (Å²) < 4.78 is 10.5. The van der Waals surface area contributed by atoms with Gasteiger partial charge in [-0.05, 0) is 19.9 Å². The van der Waals surface area contributed by atoms with Crippen LogP contribution in [0, 0.1) is 10.1 Å². The van der Waals surface area contributed by atoms with Crippen molar-refractivity contribution in [3.05, 3.63) is 27.8 Å². The fourth-order valence-corrected chi connectivity index (χ4v) is 2.63. The van der Waals surface area contributed by atoms with Gasteiger partial charge in [-0.1, -0.05) is 0 Å². The van der Waals surface area contributed by atoms with Gasteiger partial charge in [-0.15, -0.1) is 12.4 Å². The first kappa shape index (κ1) is 20.0. The molecule has 24 heavy (non-hydrogen) atoms. The average Bonchev–Trinajstić information content (AvgIpc) is 3.07. The molecule has 134 valence electrons. The quantitative estimate of drug-likeness (QED) is 0.615. The lowest BCUT2D eigenvalue weighted by atomic mass is 10.1. The van der Waals surface area contributed by atoms with Crippen LogP contribution in [0.2, 0.25) is 0 Å². The number of hydrogen-bond donors (Lipinski definition) is 1. The summed E-state index contributed by atoms with van der Waals surface area (Å²) in [6.45, 7) is 3.67. The summed E-state index contributed by atoms with van der Waals surface area (Å²) in [5, 5.41) is 14.5. The molecule has 0 aliphatic carbocycles. The molecule has 9 heteroatoms. The van der Waals surface area contributed by atoms with E-state index >= 15 is 0 Å². The van der Waals surface area contributed by atoms with Crippen LogP contribution < -0.4 is 14.8 Å². The van der Waals surface area contributed by atoms with Crippen LogP contribution in [-0.4, -0.2) is 55.6 Å². The molecule has 1 heterocycles. The largest absolute Gasteiger partial charge is 0.493 e. The number of halogens is 1. The topological polar surface area (TPSA) is 93.9 Å². The number of nitro groups is 1. The maximum absolute atomic E-state index is 12.7. The number of benzene rings is 1. The summed E-state index contributed by atoms with van der Waals surface area (Å²) in [4.78, 5) is 25.0. The van der Waals surface area contributed by atoms with E-state index in [0.29, 0.717) is 18.9 Å². The van der Waals surface area contributed by atoms with E-state index in [9.17, 15) is 14.9 Å². The highest BCUT2D eigenvalue weighted by Crippen LogP contribution is 2.35. The Morgan fingerprint density at radius 2 is 2.17 bits per heavy atom. The van der Waals surface area contributed by atoms with Crippen molar-refractivity contribution in [2.75, 3.05) is 33.9 Å². The van der Waals surface area contributed by atoms with Crippen molar-refractivity contribution in [3.63, 3.8) is 0 Å². The van der Waals surface area contributed by atoms with Crippen LogP contribution in [-0.2, 0) is 0 Å². The molecule has 1 aromatic rings. The second-order valence-corrected chi connectivity index (χ2v) is 5.27. The van der Waals surface area contributed by atoms with Crippen LogP contribution in [0.25, 0.3) is 0 Å². The number of ether oxygens (including phenoxy) is 2. The van der Waals surface area contributed by atoms with Gasteiger partial charge in [-0.2, -0.15) is 0 Å². The predicted octanol–water partition coefficient (Wildman–Crippen LogP) is 1.86. The summed E-state index contributed by atoms with van der Waals surface area (Å²) in [5.74, 6) is 0.163. The van der Waals surface area contributed by atoms with Gasteiger partial charge in [0.1, 0.15) is 5.56 Å². The molecule has 1 aliphatic rings. The van der Waals surface area contributed by atoms with Crippen LogP contribution >= 0.6 is 12.4 Å². The number of likely N-dealkylation sites (N-methyl/N-ethyl adjacent to an activating group) is 1. The number of hydrogen-bond acceptors (Lipinski definition) is 6. The number of carbonyl (C=O) groups excluding carboxylic acids is 1. The second-order valence-electron chi connectivity index (χ2n) is 5.27. The minimum Gasteiger partial charge on any atom is -0.493 e. The standard InChI is InChI=1S/C15H21N3O5.ClH/c1-4-23-14-7-11(12(18(20)21)8-13(14)22-3)15(19)17(2)10-5-6-16-9-10;/h7-8,10,16H,4-6,9H2,1-3H3;1H. The van der Waals surface area contributed by atoms with Gasteiger partial charge in [0.2, 0.25) is 0 Å². The molecule has 1 N–H and O–H groups in total. The fourth-order valence-electron chi connectivity index (χ4n) is 2.63. The summed E-state index contributed by atoms with van der Waals surface area (Å²) in [6.07, 6.45) is 0.824. The van der Waals surface area contributed by atoms with E-state index in [0.717, 1.165) is 13.0 Å². The Morgan fingerprint density at radius 1 is 1.46 bits per heavy atom. The minimum atomic E-state index is -0.577. The van der Waals surface area contributed by atoms with Crippen molar-refractivity contribution >= 4 is 24.0 Å². The Kier molecular flexibility index (Phi) is 7.24. The highest BCUT2D eigenvalue weighted by Gasteiger charge is 2.30. The Bertz CT molecular complexity index is 605. The second kappa shape index (κ2) is 8.70. The van der Waals surface area contributed by atoms with E-state index in [1.54, 1.807) is 18.9 Å². The number of nitro benzene ring substituents is 1. The molecule has 1 unspecified atom stereocenters. The number of nitrogens with zero attached hydrogens (tertiary/aromatic N) is 2. The number of nitrogens with one attached hydrogen (secondary N) is 1. The first-order valence-electron chi connectivity index (χ1n) is 7.46. The SMILES string of the molecule is CCOc1cc(C(=O)N(C)C2CCNC2)c([N+](=O)[O-])cc1OC.Cl. The molecule has 1 fully saturated rings. The van der Waals surface area contributed by atoms with E-state index < -0.39 is 10.8 Å². The Balaban J connectivity index is 0.00000288. The zero-order valence-electron chi connectivity index (χ0n) is 13.9. The molecule has 0 spiro atoms. The molecule has 0 saturated carbocycles. The van der Waals surface area contributed by atoms with Gasteiger partial charge in [0, 0.05) is 25.7 Å². The molecular weight excluding hydrogens is 338 g/mol. The van der Waals surface area contributed by atoms with E-state index in [1.807, 2.05) is 0 Å². The van der Waals surface area contributed by atoms with E-state index in [1.165, 1.54) is 19.2 Å². The monoisotopic (exact) mass is 359 g/mol. The van der Waals surface area contributed by atoms with Gasteiger partial charge in [0.25, 0.3) is 11.6 Å². The van der Waals surface area contributed by atoms with Crippen molar-refractivity contribution in [2.24, 2.45) is 0 Å². The van der Waals surface area contributed by atoms with Crippen molar-refractivity contribution in [3.8, 4) is 11.5 Å². The zero-order valence-corrected chi connectivity index (χ0v) is 14.7. The summed E-state index contributed by atoms with van der Waals surface area (Å²) in [5.41, 5.74) is -0.276. The van der Waals surface area contributed by atoms with Gasteiger partial charge >= 0.3 is 0 Å². The molecule has 0 radical (unpaired) electrons. The molecule has 0 aromatic heterocycles. The molecule has 0 bridgehead atoms. The summed E-state index contributed by atoms with van der Waals surface area (Å²) >= 11 is 0. The highest BCUT2D eigenvalue weighted by atomic mass is 35.5. The fraction of sp³-hybridized carbons (Fsp3) is 0.533. The number of methoxy groups -OCH3 is 1. The number of carbonyl (C=O) groups is 1. The summed E-state index contributed by atoms with van der Waals surface area (Å²) in [6, 6.07) is 2.65. The van der Waals surface area contributed by atoms with Gasteiger partial charge in [-0.25, -0.2) is 0 Å². The lowest BCUT2D eigenvalue weighted by molar-refractivity contribution is -0.385. The third-order valence-corrected chi connectivity index (χ3v) is 3.91. The third kappa shape index (κ3) is 4.07. The molecular formula is C15H22ClN3O5. The van der Waals surface area contributed by atoms with Gasteiger partial charge in [0.15, 0.2) is 11.5 Å². The maximum Gasteiger partial charge on any atom is 0.286 e. The van der Waals surface area contributed by atoms with Crippen LogP contribution in [0.1, 0.15) is 23.7 Å². The third-order valence-electron chi connectivity index (χ3n) is 3.91. The highest BCUT2D eigenvalue weighted by molar-refractivity contribution is 5.99. The van der Waals surface area contributed by atoms with Crippen molar-refractivity contribution in [1.29, 1.82) is 0 Å².